The molecule has 0 saturated carbocycles. The second-order valence-electron chi connectivity index (χ2n) is 6.67. The quantitative estimate of drug-likeness (QED) is 0.653. The van der Waals surface area contributed by atoms with Gasteiger partial charge in [-0.2, -0.15) is 5.10 Å². The lowest BCUT2D eigenvalue weighted by atomic mass is 9.71. The molecule has 2 aromatic carbocycles. The molecule has 0 unspecified atom stereocenters. The van der Waals surface area contributed by atoms with Crippen LogP contribution in [-0.4, -0.2) is 15.6 Å². The first-order valence-corrected chi connectivity index (χ1v) is 8.15. The van der Waals surface area contributed by atoms with E-state index in [0.29, 0.717) is 0 Å². The third kappa shape index (κ3) is 3.13. The number of nitrogens with zero attached hydrogens (tertiary/aromatic N) is 3. The maximum Gasteiger partial charge on any atom is 0.301 e. The number of rotatable bonds is 4. The Morgan fingerprint density at radius 3 is 2.46 bits per heavy atom. The second-order valence-corrected chi connectivity index (χ2v) is 6.67. The Morgan fingerprint density at radius 2 is 1.77 bits per heavy atom. The molecule has 0 spiro atoms. The molecule has 26 heavy (non-hydrogen) atoms. The molecule has 2 aromatic rings. The van der Waals surface area contributed by atoms with Crippen LogP contribution in [0.2, 0.25) is 0 Å². The van der Waals surface area contributed by atoms with Gasteiger partial charge in [0.05, 0.1) is 15.9 Å². The molecular weight excluding hydrogens is 336 g/mol. The minimum absolute atomic E-state index is 0.128. The SMILES string of the molecule is CC1(C)/C(=N/Nc2ccc([N+](=O)[O-])cc2[N+](=O)[O-])CCc2ccccc21. The van der Waals surface area contributed by atoms with E-state index in [1.807, 2.05) is 12.1 Å². The molecule has 8 nitrogen and oxygen atoms in total. The molecule has 1 aliphatic rings. The Hall–Kier alpha value is -3.29. The molecule has 0 amide bonds. The number of anilines is 1. The molecule has 134 valence electrons. The van der Waals surface area contributed by atoms with Crippen molar-refractivity contribution in [3.05, 3.63) is 73.8 Å². The lowest BCUT2D eigenvalue weighted by Gasteiger charge is -2.34. The van der Waals surface area contributed by atoms with Gasteiger partial charge in [0, 0.05) is 17.2 Å². The molecule has 0 aliphatic heterocycles. The van der Waals surface area contributed by atoms with Crippen LogP contribution in [0.1, 0.15) is 31.4 Å². The van der Waals surface area contributed by atoms with Gasteiger partial charge >= 0.3 is 5.69 Å². The molecule has 0 fully saturated rings. The van der Waals surface area contributed by atoms with Gasteiger partial charge in [-0.25, -0.2) is 0 Å². The zero-order valence-corrected chi connectivity index (χ0v) is 14.4. The molecular formula is C18H18N4O4. The molecule has 0 atom stereocenters. The number of aryl methyl sites for hydroxylation is 1. The van der Waals surface area contributed by atoms with Crippen LogP contribution in [0.5, 0.6) is 0 Å². The highest BCUT2D eigenvalue weighted by Gasteiger charge is 2.33. The van der Waals surface area contributed by atoms with Crippen molar-refractivity contribution in [2.24, 2.45) is 5.10 Å². The summed E-state index contributed by atoms with van der Waals surface area (Å²) in [5.41, 5.74) is 5.19. The van der Waals surface area contributed by atoms with E-state index in [0.717, 1.165) is 24.6 Å². The third-order valence-electron chi connectivity index (χ3n) is 4.74. The van der Waals surface area contributed by atoms with Crippen LogP contribution in [0, 0.1) is 20.2 Å². The first kappa shape index (κ1) is 17.5. The Kier molecular flexibility index (Phi) is 4.41. The largest absolute Gasteiger partial charge is 0.301 e. The number of nitro groups is 2. The Bertz CT molecular complexity index is 921. The summed E-state index contributed by atoms with van der Waals surface area (Å²) in [5, 5.41) is 26.5. The van der Waals surface area contributed by atoms with Crippen molar-refractivity contribution in [1.29, 1.82) is 0 Å². The van der Waals surface area contributed by atoms with Gasteiger partial charge in [0.25, 0.3) is 5.69 Å². The van der Waals surface area contributed by atoms with Gasteiger partial charge in [-0.3, -0.25) is 25.7 Å². The Labute approximate surface area is 149 Å². The van der Waals surface area contributed by atoms with E-state index in [1.165, 1.54) is 23.3 Å². The predicted octanol–water partition coefficient (Wildman–Crippen LogP) is 4.19. The summed E-state index contributed by atoms with van der Waals surface area (Å²) >= 11 is 0. The van der Waals surface area contributed by atoms with Crippen molar-refractivity contribution in [3.63, 3.8) is 0 Å². The summed E-state index contributed by atoms with van der Waals surface area (Å²) in [6, 6.07) is 11.6. The Balaban J connectivity index is 1.93. The van der Waals surface area contributed by atoms with Crippen molar-refractivity contribution in [3.8, 4) is 0 Å². The van der Waals surface area contributed by atoms with Gasteiger partial charge in [-0.1, -0.05) is 38.1 Å². The summed E-state index contributed by atoms with van der Waals surface area (Å²) in [4.78, 5) is 20.7. The van der Waals surface area contributed by atoms with E-state index >= 15 is 0 Å². The fourth-order valence-corrected chi connectivity index (χ4v) is 3.27. The van der Waals surface area contributed by atoms with Crippen LogP contribution in [0.3, 0.4) is 0 Å². The van der Waals surface area contributed by atoms with Crippen molar-refractivity contribution in [1.82, 2.24) is 0 Å². The standard InChI is InChI=1S/C18H18N4O4/c1-18(2)14-6-4-3-5-12(14)7-10-17(18)20-19-15-9-8-13(21(23)24)11-16(15)22(25)26/h3-6,8-9,11,19H,7,10H2,1-2H3/b20-17+. The lowest BCUT2D eigenvalue weighted by molar-refractivity contribution is -0.393. The number of hydrazone groups is 1. The average Bonchev–Trinajstić information content (AvgIpc) is 2.61. The van der Waals surface area contributed by atoms with E-state index in [1.54, 1.807) is 0 Å². The van der Waals surface area contributed by atoms with Crippen LogP contribution in [0.4, 0.5) is 17.1 Å². The monoisotopic (exact) mass is 354 g/mol. The van der Waals surface area contributed by atoms with Crippen LogP contribution in [0.25, 0.3) is 0 Å². The van der Waals surface area contributed by atoms with Gasteiger partial charge in [-0.05, 0) is 30.0 Å². The molecule has 8 heteroatoms. The van der Waals surface area contributed by atoms with Crippen LogP contribution in [-0.2, 0) is 11.8 Å². The van der Waals surface area contributed by atoms with Crippen LogP contribution in [0.15, 0.2) is 47.6 Å². The number of nitro benzene ring substituents is 2. The number of non-ortho nitro benzene ring substituents is 1. The fourth-order valence-electron chi connectivity index (χ4n) is 3.27. The Morgan fingerprint density at radius 1 is 1.04 bits per heavy atom. The van der Waals surface area contributed by atoms with Crippen LogP contribution >= 0.6 is 0 Å². The van der Waals surface area contributed by atoms with Gasteiger partial charge in [-0.15, -0.1) is 0 Å². The van der Waals surface area contributed by atoms with Crippen molar-refractivity contribution in [2.45, 2.75) is 32.1 Å². The molecule has 0 aromatic heterocycles. The summed E-state index contributed by atoms with van der Waals surface area (Å²) in [5.74, 6) is 0. The van der Waals surface area contributed by atoms with E-state index < -0.39 is 9.85 Å². The smallest absolute Gasteiger partial charge is 0.272 e. The van der Waals surface area contributed by atoms with Crippen molar-refractivity contribution >= 4 is 22.8 Å². The second kappa shape index (κ2) is 6.55. The normalized spacial score (nSPS) is 16.8. The average molecular weight is 354 g/mol. The maximum atomic E-state index is 11.2. The van der Waals surface area contributed by atoms with Gasteiger partial charge in [0.2, 0.25) is 0 Å². The molecule has 1 N–H and O–H groups in total. The number of benzene rings is 2. The van der Waals surface area contributed by atoms with E-state index in [2.05, 4.69) is 36.5 Å². The molecule has 1 aliphatic carbocycles. The minimum atomic E-state index is -0.663. The van der Waals surface area contributed by atoms with E-state index in [-0.39, 0.29) is 22.5 Å². The number of hydrogen-bond donors (Lipinski definition) is 1. The highest BCUT2D eigenvalue weighted by molar-refractivity contribution is 5.96. The summed E-state index contributed by atoms with van der Waals surface area (Å²) in [6.07, 6.45) is 1.58. The first-order chi connectivity index (χ1) is 12.3. The molecule has 0 saturated heterocycles. The maximum absolute atomic E-state index is 11.2. The highest BCUT2D eigenvalue weighted by Crippen LogP contribution is 2.35. The predicted molar refractivity (Wildman–Crippen MR) is 98.6 cm³/mol. The number of hydrogen-bond acceptors (Lipinski definition) is 6. The van der Waals surface area contributed by atoms with Crippen molar-refractivity contribution < 1.29 is 9.85 Å². The molecule has 3 rings (SSSR count). The van der Waals surface area contributed by atoms with E-state index in [9.17, 15) is 20.2 Å². The molecule has 0 radical (unpaired) electrons. The summed E-state index contributed by atoms with van der Waals surface area (Å²) in [6.45, 7) is 4.13. The van der Waals surface area contributed by atoms with Crippen molar-refractivity contribution in [2.75, 3.05) is 5.43 Å². The van der Waals surface area contributed by atoms with Gasteiger partial charge in [0.1, 0.15) is 5.69 Å². The topological polar surface area (TPSA) is 111 Å². The summed E-state index contributed by atoms with van der Waals surface area (Å²) < 4.78 is 0. The van der Waals surface area contributed by atoms with Gasteiger partial charge in [0.15, 0.2) is 0 Å². The molecule has 0 bridgehead atoms. The zero-order valence-electron chi connectivity index (χ0n) is 14.4. The zero-order chi connectivity index (χ0) is 18.9. The lowest BCUT2D eigenvalue weighted by Crippen LogP contribution is -2.35. The third-order valence-corrected chi connectivity index (χ3v) is 4.74. The fraction of sp³-hybridized carbons (Fsp3) is 0.278. The van der Waals surface area contributed by atoms with Crippen LogP contribution < -0.4 is 5.43 Å². The highest BCUT2D eigenvalue weighted by atomic mass is 16.6. The van der Waals surface area contributed by atoms with Gasteiger partial charge < -0.3 is 0 Å². The minimum Gasteiger partial charge on any atom is -0.272 e. The number of nitrogens with one attached hydrogen (secondary N) is 1. The molecule has 0 heterocycles. The summed E-state index contributed by atoms with van der Waals surface area (Å²) in [7, 11) is 0. The van der Waals surface area contributed by atoms with E-state index in [4.69, 9.17) is 0 Å². The first-order valence-electron chi connectivity index (χ1n) is 8.15. The number of fused-ring (bicyclic) bond motifs is 1.